The Morgan fingerprint density at radius 3 is 2.42 bits per heavy atom. The highest BCUT2D eigenvalue weighted by Gasteiger charge is 2.19. The summed E-state index contributed by atoms with van der Waals surface area (Å²) in [6, 6.07) is 9.99. The zero-order chi connectivity index (χ0) is 13.7. The van der Waals surface area contributed by atoms with E-state index >= 15 is 0 Å². The van der Waals surface area contributed by atoms with Crippen molar-refractivity contribution in [2.24, 2.45) is 5.73 Å². The average Bonchev–Trinajstić information content (AvgIpc) is 2.46. The van der Waals surface area contributed by atoms with Crippen molar-refractivity contribution in [1.29, 1.82) is 0 Å². The van der Waals surface area contributed by atoms with Gasteiger partial charge in [-0.25, -0.2) is 9.97 Å². The molecule has 2 aromatic rings. The molecule has 1 aromatic heterocycles. The van der Waals surface area contributed by atoms with Crippen LogP contribution in [0.3, 0.4) is 0 Å². The van der Waals surface area contributed by atoms with E-state index in [1.165, 1.54) is 0 Å². The van der Waals surface area contributed by atoms with E-state index in [9.17, 15) is 4.79 Å². The molecule has 0 spiro atoms. The van der Waals surface area contributed by atoms with Crippen molar-refractivity contribution in [1.82, 2.24) is 9.97 Å². The highest BCUT2D eigenvalue weighted by molar-refractivity contribution is 5.75. The molecule has 0 aliphatic heterocycles. The summed E-state index contributed by atoms with van der Waals surface area (Å²) < 4.78 is 0. The first-order valence-electron chi connectivity index (χ1n) is 5.76. The minimum atomic E-state index is -1.06. The van der Waals surface area contributed by atoms with Crippen molar-refractivity contribution in [2.75, 3.05) is 11.4 Å². The van der Waals surface area contributed by atoms with Crippen molar-refractivity contribution in [3.05, 3.63) is 48.8 Å². The molecule has 19 heavy (non-hydrogen) atoms. The number of benzene rings is 1. The van der Waals surface area contributed by atoms with Gasteiger partial charge in [0.25, 0.3) is 0 Å². The molecule has 2 rings (SSSR count). The Morgan fingerprint density at radius 1 is 1.21 bits per heavy atom. The largest absolute Gasteiger partial charge is 0.480 e. The first kappa shape index (κ1) is 13.0. The Bertz CT molecular complexity index is 493. The summed E-state index contributed by atoms with van der Waals surface area (Å²) in [5, 5.41) is 8.93. The second-order valence-corrected chi connectivity index (χ2v) is 3.94. The second-order valence-electron chi connectivity index (χ2n) is 3.94. The lowest BCUT2D eigenvalue weighted by atomic mass is 10.2. The summed E-state index contributed by atoms with van der Waals surface area (Å²) in [6.45, 7) is 0.101. The van der Waals surface area contributed by atoms with Crippen LogP contribution in [0.1, 0.15) is 0 Å². The maximum Gasteiger partial charge on any atom is 0.322 e. The Hall–Kier alpha value is -2.47. The van der Waals surface area contributed by atoms with Gasteiger partial charge in [0.15, 0.2) is 0 Å². The fourth-order valence-electron chi connectivity index (χ4n) is 1.62. The third-order valence-corrected chi connectivity index (χ3v) is 2.56. The summed E-state index contributed by atoms with van der Waals surface area (Å²) in [7, 11) is 0. The van der Waals surface area contributed by atoms with Crippen molar-refractivity contribution >= 4 is 17.6 Å². The predicted molar refractivity (Wildman–Crippen MR) is 71.1 cm³/mol. The molecular formula is C13H14N4O2. The lowest BCUT2D eigenvalue weighted by molar-refractivity contribution is -0.138. The van der Waals surface area contributed by atoms with Gasteiger partial charge in [-0.2, -0.15) is 0 Å². The Morgan fingerprint density at radius 2 is 1.84 bits per heavy atom. The van der Waals surface area contributed by atoms with E-state index in [1.54, 1.807) is 23.4 Å². The average molecular weight is 258 g/mol. The number of carbonyl (C=O) groups is 1. The lowest BCUT2D eigenvalue weighted by Crippen LogP contribution is -2.41. The van der Waals surface area contributed by atoms with E-state index in [0.29, 0.717) is 5.95 Å². The molecule has 0 saturated heterocycles. The molecule has 1 unspecified atom stereocenters. The first-order chi connectivity index (χ1) is 9.18. The van der Waals surface area contributed by atoms with Crippen molar-refractivity contribution < 1.29 is 9.90 Å². The summed E-state index contributed by atoms with van der Waals surface area (Å²) in [5.74, 6) is -0.637. The molecule has 6 heteroatoms. The molecule has 1 heterocycles. The van der Waals surface area contributed by atoms with Crippen LogP contribution in [-0.4, -0.2) is 33.6 Å². The highest BCUT2D eigenvalue weighted by Crippen LogP contribution is 2.20. The van der Waals surface area contributed by atoms with Gasteiger partial charge >= 0.3 is 5.97 Å². The van der Waals surface area contributed by atoms with Gasteiger partial charge in [-0.05, 0) is 18.2 Å². The maximum absolute atomic E-state index is 10.9. The normalized spacial score (nSPS) is 11.8. The topological polar surface area (TPSA) is 92.3 Å². The lowest BCUT2D eigenvalue weighted by Gasteiger charge is -2.24. The van der Waals surface area contributed by atoms with Crippen LogP contribution in [0.25, 0.3) is 0 Å². The van der Waals surface area contributed by atoms with Gasteiger partial charge in [0, 0.05) is 18.1 Å². The second kappa shape index (κ2) is 5.92. The minimum Gasteiger partial charge on any atom is -0.480 e. The number of anilines is 2. The maximum atomic E-state index is 10.9. The number of aromatic nitrogens is 2. The van der Waals surface area contributed by atoms with Crippen molar-refractivity contribution in [3.63, 3.8) is 0 Å². The standard InChI is InChI=1S/C13H14N4O2/c14-11(12(18)19)9-17(10-5-2-1-3-6-10)13-15-7-4-8-16-13/h1-8,11H,9,14H2,(H,18,19). The zero-order valence-corrected chi connectivity index (χ0v) is 10.2. The molecule has 0 aliphatic rings. The number of aliphatic carboxylic acids is 1. The number of nitrogens with zero attached hydrogens (tertiary/aromatic N) is 3. The van der Waals surface area contributed by atoms with E-state index in [0.717, 1.165) is 5.69 Å². The number of carboxylic acids is 1. The van der Waals surface area contributed by atoms with Crippen LogP contribution in [0.5, 0.6) is 0 Å². The third-order valence-electron chi connectivity index (χ3n) is 2.56. The van der Waals surface area contributed by atoms with Gasteiger partial charge in [0.2, 0.25) is 5.95 Å². The summed E-state index contributed by atoms with van der Waals surface area (Å²) in [6.07, 6.45) is 3.20. The van der Waals surface area contributed by atoms with Gasteiger partial charge < -0.3 is 15.7 Å². The number of rotatable bonds is 5. The van der Waals surface area contributed by atoms with E-state index in [4.69, 9.17) is 10.8 Å². The molecular weight excluding hydrogens is 244 g/mol. The minimum absolute atomic E-state index is 0.101. The first-order valence-corrected chi connectivity index (χ1v) is 5.76. The molecule has 98 valence electrons. The van der Waals surface area contributed by atoms with Gasteiger partial charge in [-0.1, -0.05) is 18.2 Å². The Kier molecular flexibility index (Phi) is 4.04. The molecule has 0 aliphatic carbocycles. The van der Waals surface area contributed by atoms with Gasteiger partial charge in [-0.15, -0.1) is 0 Å². The van der Waals surface area contributed by atoms with Gasteiger partial charge in [0.05, 0.1) is 6.54 Å². The van der Waals surface area contributed by atoms with Crippen LogP contribution < -0.4 is 10.6 Å². The number of nitrogens with two attached hydrogens (primary N) is 1. The molecule has 0 radical (unpaired) electrons. The van der Waals surface area contributed by atoms with Crippen LogP contribution in [0, 0.1) is 0 Å². The molecule has 1 atom stereocenters. The smallest absolute Gasteiger partial charge is 0.322 e. The van der Waals surface area contributed by atoms with Crippen molar-refractivity contribution in [3.8, 4) is 0 Å². The quantitative estimate of drug-likeness (QED) is 0.832. The molecule has 6 nitrogen and oxygen atoms in total. The van der Waals surface area contributed by atoms with E-state index in [2.05, 4.69) is 9.97 Å². The van der Waals surface area contributed by atoms with Crippen LogP contribution >= 0.6 is 0 Å². The van der Waals surface area contributed by atoms with Crippen LogP contribution in [-0.2, 0) is 4.79 Å². The summed E-state index contributed by atoms with van der Waals surface area (Å²) in [5.41, 5.74) is 6.39. The number of carboxylic acid groups (broad SMARTS) is 1. The molecule has 1 aromatic carbocycles. The number of hydrogen-bond acceptors (Lipinski definition) is 5. The van der Waals surface area contributed by atoms with Crippen LogP contribution in [0.15, 0.2) is 48.8 Å². The van der Waals surface area contributed by atoms with Crippen LogP contribution in [0.4, 0.5) is 11.6 Å². The number of para-hydroxylation sites is 1. The van der Waals surface area contributed by atoms with E-state index in [1.807, 2.05) is 30.3 Å². The van der Waals surface area contributed by atoms with E-state index < -0.39 is 12.0 Å². The fraction of sp³-hybridized carbons (Fsp3) is 0.154. The summed E-state index contributed by atoms with van der Waals surface area (Å²) >= 11 is 0. The summed E-state index contributed by atoms with van der Waals surface area (Å²) in [4.78, 5) is 20.9. The van der Waals surface area contributed by atoms with Gasteiger partial charge in [0.1, 0.15) is 6.04 Å². The highest BCUT2D eigenvalue weighted by atomic mass is 16.4. The molecule has 0 bridgehead atoms. The third kappa shape index (κ3) is 3.26. The zero-order valence-electron chi connectivity index (χ0n) is 10.2. The fourth-order valence-corrected chi connectivity index (χ4v) is 1.62. The SMILES string of the molecule is NC(CN(c1ccccc1)c1ncccn1)C(=O)O. The number of hydrogen-bond donors (Lipinski definition) is 2. The molecule has 0 amide bonds. The monoisotopic (exact) mass is 258 g/mol. The molecule has 0 fully saturated rings. The van der Waals surface area contributed by atoms with Gasteiger partial charge in [-0.3, -0.25) is 4.79 Å². The van der Waals surface area contributed by atoms with Crippen LogP contribution in [0.2, 0.25) is 0 Å². The predicted octanol–water partition coefficient (Wildman–Crippen LogP) is 1.03. The molecule has 3 N–H and O–H groups in total. The Balaban J connectivity index is 2.32. The van der Waals surface area contributed by atoms with E-state index in [-0.39, 0.29) is 6.54 Å². The Labute approximate surface area is 110 Å². The van der Waals surface area contributed by atoms with Crippen molar-refractivity contribution in [2.45, 2.75) is 6.04 Å². The molecule has 0 saturated carbocycles.